The van der Waals surface area contributed by atoms with Crippen LogP contribution in [0, 0.1) is 0 Å². The Morgan fingerprint density at radius 2 is 1.50 bits per heavy atom. The molecule has 12 nitrogen and oxygen atoms in total. The topological polar surface area (TPSA) is 158 Å². The van der Waals surface area contributed by atoms with Gasteiger partial charge in [0, 0.05) is 51.9 Å². The Bertz CT molecular complexity index is 939. The lowest BCUT2D eigenvalue weighted by Crippen LogP contribution is -2.29. The lowest BCUT2D eigenvalue weighted by Gasteiger charge is -2.21. The number of carbonyl (C=O) groups excluding carboxylic acids is 2. The molecule has 0 aromatic carbocycles. The number of nitrogens with one attached hydrogen (secondary N) is 1. The normalized spacial score (nSPS) is 23.7. The van der Waals surface area contributed by atoms with Crippen molar-refractivity contribution in [2.75, 3.05) is 69.2 Å². The van der Waals surface area contributed by atoms with E-state index in [0.717, 1.165) is 45.9 Å². The predicted molar refractivity (Wildman–Crippen MR) is 107 cm³/mol. The van der Waals surface area contributed by atoms with Crippen LogP contribution in [0.2, 0.25) is 0 Å². The molecule has 1 aromatic heterocycles. The van der Waals surface area contributed by atoms with Gasteiger partial charge in [-0.15, -0.1) is 0 Å². The van der Waals surface area contributed by atoms with Gasteiger partial charge < -0.3 is 36.2 Å². The van der Waals surface area contributed by atoms with E-state index in [1.807, 2.05) is 14.7 Å². The van der Waals surface area contributed by atoms with E-state index in [0.29, 0.717) is 29.6 Å². The number of epoxide rings is 1. The zero-order valence-corrected chi connectivity index (χ0v) is 16.4. The van der Waals surface area contributed by atoms with Crippen molar-refractivity contribution in [3.63, 3.8) is 0 Å². The molecule has 4 aliphatic heterocycles. The highest BCUT2D eigenvalue weighted by atomic mass is 16.6. The van der Waals surface area contributed by atoms with E-state index in [9.17, 15) is 9.59 Å². The summed E-state index contributed by atoms with van der Waals surface area (Å²) in [7, 11) is 0. The molecule has 1 aliphatic carbocycles. The summed E-state index contributed by atoms with van der Waals surface area (Å²) >= 11 is 0. The molecule has 1 atom stereocenters. The monoisotopic (exact) mass is 413 g/mol. The van der Waals surface area contributed by atoms with Crippen LogP contribution >= 0.6 is 0 Å². The second kappa shape index (κ2) is 7.13. The fourth-order valence-electron chi connectivity index (χ4n) is 3.16. The van der Waals surface area contributed by atoms with Gasteiger partial charge in [0.2, 0.25) is 29.4 Å². The third kappa shape index (κ3) is 4.13. The molecule has 1 unspecified atom stereocenters. The number of Topliss-reactive ketones (excluding diaryl/α,β-unsaturated/α-hetero) is 1. The number of carbonyl (C=O) groups is 2. The van der Waals surface area contributed by atoms with Crippen molar-refractivity contribution >= 4 is 29.4 Å². The Labute approximate surface area is 172 Å². The smallest absolute Gasteiger partial charge is 0.229 e. The highest BCUT2D eigenvalue weighted by molar-refractivity contribution is 6.22. The van der Waals surface area contributed by atoms with Gasteiger partial charge in [-0.2, -0.15) is 15.0 Å². The van der Waals surface area contributed by atoms with Crippen LogP contribution in [0.1, 0.15) is 0 Å². The number of nitrogen functional groups attached to an aromatic ring is 2. The van der Waals surface area contributed by atoms with Crippen LogP contribution in [0.15, 0.2) is 23.2 Å². The van der Waals surface area contributed by atoms with Gasteiger partial charge in [-0.05, 0) is 0 Å². The average molecular weight is 413 g/mol. The first-order valence-electron chi connectivity index (χ1n) is 9.92. The average Bonchev–Trinajstić information content (AvgIpc) is 3.56. The number of nitrogens with zero attached hydrogens (tertiary/aromatic N) is 6. The number of anilines is 3. The summed E-state index contributed by atoms with van der Waals surface area (Å²) in [5, 5.41) is 2.94. The van der Waals surface area contributed by atoms with Gasteiger partial charge in [-0.25, -0.2) is 0 Å². The molecule has 4 fully saturated rings. The van der Waals surface area contributed by atoms with E-state index in [1.165, 1.54) is 6.08 Å². The molecule has 0 radical (unpaired) electrons. The summed E-state index contributed by atoms with van der Waals surface area (Å²) in [4.78, 5) is 41.8. The van der Waals surface area contributed by atoms with E-state index in [4.69, 9.17) is 16.2 Å². The van der Waals surface area contributed by atoms with Crippen molar-refractivity contribution in [2.45, 2.75) is 6.10 Å². The highest BCUT2D eigenvalue weighted by Gasteiger charge is 2.43. The van der Waals surface area contributed by atoms with Crippen LogP contribution in [0.4, 0.5) is 17.8 Å². The Morgan fingerprint density at radius 1 is 0.933 bits per heavy atom. The van der Waals surface area contributed by atoms with Crippen LogP contribution < -0.4 is 16.8 Å². The molecule has 0 amide bonds. The molecule has 5 aliphatic rings. The van der Waals surface area contributed by atoms with E-state index >= 15 is 0 Å². The molecule has 12 heteroatoms. The molecule has 0 spiro atoms. The van der Waals surface area contributed by atoms with E-state index in [-0.39, 0.29) is 29.6 Å². The Balaban J connectivity index is 0.000000134. The summed E-state index contributed by atoms with van der Waals surface area (Å²) in [6.07, 6.45) is 1.79. The Kier molecular flexibility index (Phi) is 4.42. The van der Waals surface area contributed by atoms with Gasteiger partial charge >= 0.3 is 0 Å². The largest absolute Gasteiger partial charge is 0.371 e. The minimum Gasteiger partial charge on any atom is -0.371 e. The number of aromatic nitrogens is 3. The standard InChI is InChI=1S/C12H13N3O2.C6H10N6O/c16-9-7-8(13-1-2-13)12(17)11(15-5-6-15)10(9)14-3-4-14;7-4-10-5(8)12-6(11-4)9-1-3-2-13-3/h7H,1-6H2;3H,1-2H2,(H5,7,8,9,10,11,12). The SMILES string of the molecule is Nc1nc(N)nc(NCC2CO2)n1.O=C1C=C(N2CC2)C(=O)C(N2CC2)=C1N1CC1. The van der Waals surface area contributed by atoms with Crippen molar-refractivity contribution in [3.8, 4) is 0 Å². The first kappa shape index (κ1) is 18.6. The molecule has 5 N–H and O–H groups in total. The first-order valence-corrected chi connectivity index (χ1v) is 9.92. The maximum absolute atomic E-state index is 12.4. The third-order valence-corrected chi connectivity index (χ3v) is 5.05. The van der Waals surface area contributed by atoms with Crippen LogP contribution in [0.25, 0.3) is 0 Å². The van der Waals surface area contributed by atoms with Crippen LogP contribution in [-0.2, 0) is 14.3 Å². The van der Waals surface area contributed by atoms with Gasteiger partial charge in [-0.1, -0.05) is 0 Å². The van der Waals surface area contributed by atoms with Crippen molar-refractivity contribution in [1.29, 1.82) is 0 Å². The van der Waals surface area contributed by atoms with Crippen molar-refractivity contribution in [2.24, 2.45) is 0 Å². The molecule has 0 saturated carbocycles. The van der Waals surface area contributed by atoms with E-state index in [2.05, 4.69) is 20.3 Å². The summed E-state index contributed by atoms with van der Waals surface area (Å²) in [6.45, 7) is 6.86. The van der Waals surface area contributed by atoms with Crippen molar-refractivity contribution in [1.82, 2.24) is 29.7 Å². The minimum atomic E-state index is 0.00546. The van der Waals surface area contributed by atoms with Crippen molar-refractivity contribution in [3.05, 3.63) is 23.2 Å². The fraction of sp³-hybridized carbons (Fsp3) is 0.500. The van der Waals surface area contributed by atoms with Gasteiger partial charge in [0.1, 0.15) is 11.4 Å². The lowest BCUT2D eigenvalue weighted by atomic mass is 10.0. The summed E-state index contributed by atoms with van der Waals surface area (Å²) < 4.78 is 4.99. The maximum atomic E-state index is 12.4. The van der Waals surface area contributed by atoms with Gasteiger partial charge in [0.15, 0.2) is 0 Å². The molecule has 158 valence electrons. The quantitative estimate of drug-likeness (QED) is 0.349. The number of ether oxygens (including phenoxy) is 1. The maximum Gasteiger partial charge on any atom is 0.229 e. The molecule has 4 saturated heterocycles. The number of ketones is 2. The zero-order chi connectivity index (χ0) is 20.8. The number of nitrogens with two attached hydrogens (primary N) is 2. The molecular weight excluding hydrogens is 390 g/mol. The first-order chi connectivity index (χ1) is 14.5. The zero-order valence-electron chi connectivity index (χ0n) is 16.4. The fourth-order valence-corrected chi connectivity index (χ4v) is 3.16. The number of hydrogen-bond acceptors (Lipinski definition) is 12. The van der Waals surface area contributed by atoms with E-state index in [1.54, 1.807) is 0 Å². The highest BCUT2D eigenvalue weighted by Crippen LogP contribution is 2.33. The van der Waals surface area contributed by atoms with Gasteiger partial charge in [0.25, 0.3) is 0 Å². The number of allylic oxidation sites excluding steroid dienone is 1. The molecule has 5 heterocycles. The molecular formula is C18H23N9O3. The molecule has 6 rings (SSSR count). The van der Waals surface area contributed by atoms with Crippen molar-refractivity contribution < 1.29 is 14.3 Å². The van der Waals surface area contributed by atoms with E-state index < -0.39 is 0 Å². The second-order valence-electron chi connectivity index (χ2n) is 7.59. The molecule has 1 aromatic rings. The molecule has 0 bridgehead atoms. The lowest BCUT2D eigenvalue weighted by molar-refractivity contribution is -0.117. The van der Waals surface area contributed by atoms with Gasteiger partial charge in [-0.3, -0.25) is 9.59 Å². The summed E-state index contributed by atoms with van der Waals surface area (Å²) in [5.74, 6) is 0.673. The van der Waals surface area contributed by atoms with Crippen LogP contribution in [0.5, 0.6) is 0 Å². The summed E-state index contributed by atoms with van der Waals surface area (Å²) in [6, 6.07) is 0. The van der Waals surface area contributed by atoms with Crippen LogP contribution in [-0.4, -0.2) is 99.7 Å². The number of rotatable bonds is 6. The minimum absolute atomic E-state index is 0.00546. The predicted octanol–water partition coefficient (Wildman–Crippen LogP) is -1.97. The third-order valence-electron chi connectivity index (χ3n) is 5.05. The Morgan fingerprint density at radius 3 is 2.03 bits per heavy atom. The molecule has 30 heavy (non-hydrogen) atoms. The summed E-state index contributed by atoms with van der Waals surface area (Å²) in [5.41, 5.74) is 12.6. The number of hydrogen-bond donors (Lipinski definition) is 3. The second-order valence-corrected chi connectivity index (χ2v) is 7.59. The van der Waals surface area contributed by atoms with Gasteiger partial charge in [0.05, 0.1) is 18.4 Å². The Hall–Kier alpha value is -3.41. The van der Waals surface area contributed by atoms with Crippen LogP contribution in [0.3, 0.4) is 0 Å².